The SMILES string of the molecule is CCC(C)n1c(-c2cc(C)nc3ccccc23)n[nH]c1=S. The largest absolute Gasteiger partial charge is 0.297 e. The lowest BCUT2D eigenvalue weighted by Crippen LogP contribution is -2.06. The van der Waals surface area contributed by atoms with E-state index < -0.39 is 0 Å². The molecular weight excluding hydrogens is 280 g/mol. The van der Waals surface area contributed by atoms with Crippen LogP contribution in [0, 0.1) is 11.7 Å². The maximum Gasteiger partial charge on any atom is 0.195 e. The van der Waals surface area contributed by atoms with E-state index in [0.29, 0.717) is 10.8 Å². The van der Waals surface area contributed by atoms with Gasteiger partial charge in [0, 0.05) is 22.7 Å². The second-order valence-electron chi connectivity index (χ2n) is 5.31. The summed E-state index contributed by atoms with van der Waals surface area (Å²) < 4.78 is 2.76. The lowest BCUT2D eigenvalue weighted by molar-refractivity contribution is 0.529. The van der Waals surface area contributed by atoms with Crippen LogP contribution in [0.25, 0.3) is 22.3 Å². The Morgan fingerprint density at radius 2 is 2.10 bits per heavy atom. The number of H-pyrrole nitrogens is 1. The van der Waals surface area contributed by atoms with Gasteiger partial charge in [-0.15, -0.1) is 0 Å². The van der Waals surface area contributed by atoms with Crippen molar-refractivity contribution in [1.29, 1.82) is 0 Å². The molecular formula is C16H18N4S. The van der Waals surface area contributed by atoms with Gasteiger partial charge in [0.05, 0.1) is 5.52 Å². The van der Waals surface area contributed by atoms with Gasteiger partial charge in [-0.2, -0.15) is 5.10 Å². The molecule has 0 bridgehead atoms. The van der Waals surface area contributed by atoms with Gasteiger partial charge in [-0.25, -0.2) is 0 Å². The third-order valence-corrected chi connectivity index (χ3v) is 4.11. The van der Waals surface area contributed by atoms with Crippen molar-refractivity contribution in [2.75, 3.05) is 0 Å². The maximum atomic E-state index is 5.40. The molecule has 21 heavy (non-hydrogen) atoms. The van der Waals surface area contributed by atoms with Crippen molar-refractivity contribution < 1.29 is 0 Å². The van der Waals surface area contributed by atoms with Gasteiger partial charge in [0.25, 0.3) is 0 Å². The Labute approximate surface area is 128 Å². The molecule has 0 fully saturated rings. The summed E-state index contributed by atoms with van der Waals surface area (Å²) in [5, 5.41) is 8.49. The zero-order valence-corrected chi connectivity index (χ0v) is 13.2. The van der Waals surface area contributed by atoms with Gasteiger partial charge in [0.15, 0.2) is 10.6 Å². The van der Waals surface area contributed by atoms with E-state index in [2.05, 4.69) is 45.7 Å². The molecule has 0 aliphatic rings. The summed E-state index contributed by atoms with van der Waals surface area (Å²) >= 11 is 5.40. The molecule has 0 aliphatic heterocycles. The molecule has 1 N–H and O–H groups in total. The molecule has 0 saturated heterocycles. The molecule has 1 aromatic carbocycles. The molecule has 1 unspecified atom stereocenters. The number of aromatic amines is 1. The van der Waals surface area contributed by atoms with Crippen molar-refractivity contribution in [2.24, 2.45) is 0 Å². The van der Waals surface area contributed by atoms with Gasteiger partial charge in [0.1, 0.15) is 0 Å². The fourth-order valence-electron chi connectivity index (χ4n) is 2.58. The molecule has 3 aromatic rings. The number of fused-ring (bicyclic) bond motifs is 1. The summed E-state index contributed by atoms with van der Waals surface area (Å²) in [6.45, 7) is 6.31. The van der Waals surface area contributed by atoms with Crippen molar-refractivity contribution >= 4 is 23.1 Å². The van der Waals surface area contributed by atoms with Crippen molar-refractivity contribution in [3.63, 3.8) is 0 Å². The van der Waals surface area contributed by atoms with Crippen LogP contribution in [0.5, 0.6) is 0 Å². The highest BCUT2D eigenvalue weighted by atomic mass is 32.1. The standard InChI is InChI=1S/C16H18N4S/c1-4-11(3)20-15(18-19-16(20)21)13-9-10(2)17-14-8-6-5-7-12(13)14/h5-9,11H,4H2,1-3H3,(H,19,21). The van der Waals surface area contributed by atoms with Gasteiger partial charge < -0.3 is 0 Å². The zero-order valence-electron chi connectivity index (χ0n) is 12.4. The smallest absolute Gasteiger partial charge is 0.195 e. The molecule has 1 atom stereocenters. The second-order valence-corrected chi connectivity index (χ2v) is 5.69. The summed E-state index contributed by atoms with van der Waals surface area (Å²) in [5.41, 5.74) is 3.04. The predicted molar refractivity (Wildman–Crippen MR) is 87.9 cm³/mol. The van der Waals surface area contributed by atoms with Crippen LogP contribution in [0.15, 0.2) is 30.3 Å². The number of aryl methyl sites for hydroxylation is 1. The molecule has 4 nitrogen and oxygen atoms in total. The fraction of sp³-hybridized carbons (Fsp3) is 0.312. The van der Waals surface area contributed by atoms with E-state index in [1.54, 1.807) is 0 Å². The molecule has 0 radical (unpaired) electrons. The third kappa shape index (κ3) is 2.38. The quantitative estimate of drug-likeness (QED) is 0.727. The summed E-state index contributed by atoms with van der Waals surface area (Å²) in [4.78, 5) is 4.59. The maximum absolute atomic E-state index is 5.40. The fourth-order valence-corrected chi connectivity index (χ4v) is 2.89. The van der Waals surface area contributed by atoms with Crippen LogP contribution in [0.2, 0.25) is 0 Å². The van der Waals surface area contributed by atoms with E-state index in [1.807, 2.05) is 25.1 Å². The lowest BCUT2D eigenvalue weighted by atomic mass is 10.1. The highest BCUT2D eigenvalue weighted by Gasteiger charge is 2.16. The average Bonchev–Trinajstić information content (AvgIpc) is 2.87. The van der Waals surface area contributed by atoms with Crippen molar-refractivity contribution in [3.05, 3.63) is 40.8 Å². The van der Waals surface area contributed by atoms with E-state index in [1.165, 1.54) is 0 Å². The number of para-hydroxylation sites is 1. The molecule has 5 heteroatoms. The summed E-state index contributed by atoms with van der Waals surface area (Å²) in [7, 11) is 0. The minimum absolute atomic E-state index is 0.304. The number of benzene rings is 1. The number of hydrogen-bond donors (Lipinski definition) is 1. The minimum atomic E-state index is 0.304. The first-order valence-electron chi connectivity index (χ1n) is 7.15. The van der Waals surface area contributed by atoms with Crippen LogP contribution in [-0.2, 0) is 0 Å². The summed E-state index contributed by atoms with van der Waals surface area (Å²) in [5.74, 6) is 0.885. The number of nitrogens with one attached hydrogen (secondary N) is 1. The Morgan fingerprint density at radius 1 is 1.33 bits per heavy atom. The molecule has 3 rings (SSSR count). The van der Waals surface area contributed by atoms with Crippen LogP contribution < -0.4 is 0 Å². The van der Waals surface area contributed by atoms with Crippen molar-refractivity contribution in [1.82, 2.24) is 19.7 Å². The molecule has 2 aromatic heterocycles. The average molecular weight is 298 g/mol. The number of hydrogen-bond acceptors (Lipinski definition) is 3. The van der Waals surface area contributed by atoms with Crippen molar-refractivity contribution in [2.45, 2.75) is 33.2 Å². The number of pyridine rings is 1. The minimum Gasteiger partial charge on any atom is -0.297 e. The molecule has 0 aliphatic carbocycles. The first kappa shape index (κ1) is 13.9. The third-order valence-electron chi connectivity index (χ3n) is 3.82. The molecule has 0 saturated carbocycles. The lowest BCUT2D eigenvalue weighted by Gasteiger charge is -2.14. The first-order valence-corrected chi connectivity index (χ1v) is 7.56. The number of rotatable bonds is 3. The first-order chi connectivity index (χ1) is 10.1. The van der Waals surface area contributed by atoms with Crippen LogP contribution in [0.3, 0.4) is 0 Å². The van der Waals surface area contributed by atoms with Gasteiger partial charge in [0.2, 0.25) is 0 Å². The summed E-state index contributed by atoms with van der Waals surface area (Å²) in [6.07, 6.45) is 1.00. The normalized spacial score (nSPS) is 12.7. The molecule has 108 valence electrons. The van der Waals surface area contributed by atoms with E-state index in [-0.39, 0.29) is 0 Å². The topological polar surface area (TPSA) is 46.5 Å². The highest BCUT2D eigenvalue weighted by molar-refractivity contribution is 7.71. The number of aromatic nitrogens is 4. The Bertz CT molecular complexity index is 847. The monoisotopic (exact) mass is 298 g/mol. The molecule has 0 amide bonds. The Balaban J connectivity index is 2.34. The highest BCUT2D eigenvalue weighted by Crippen LogP contribution is 2.29. The van der Waals surface area contributed by atoms with E-state index >= 15 is 0 Å². The zero-order chi connectivity index (χ0) is 15.0. The van der Waals surface area contributed by atoms with Crippen molar-refractivity contribution in [3.8, 4) is 11.4 Å². The number of nitrogens with zero attached hydrogens (tertiary/aromatic N) is 3. The second kappa shape index (κ2) is 5.41. The Morgan fingerprint density at radius 3 is 2.86 bits per heavy atom. The van der Waals surface area contributed by atoms with E-state index in [9.17, 15) is 0 Å². The Hall–Kier alpha value is -2.01. The molecule has 0 spiro atoms. The molecule has 2 heterocycles. The van der Waals surface area contributed by atoms with Crippen LogP contribution in [-0.4, -0.2) is 19.7 Å². The van der Waals surface area contributed by atoms with E-state index in [4.69, 9.17) is 12.2 Å². The van der Waals surface area contributed by atoms with Gasteiger partial charge in [-0.3, -0.25) is 14.6 Å². The predicted octanol–water partition coefficient (Wildman–Crippen LogP) is 4.44. The van der Waals surface area contributed by atoms with Gasteiger partial charge in [-0.1, -0.05) is 25.1 Å². The van der Waals surface area contributed by atoms with Gasteiger partial charge >= 0.3 is 0 Å². The van der Waals surface area contributed by atoms with E-state index in [0.717, 1.165) is 34.4 Å². The van der Waals surface area contributed by atoms with Gasteiger partial charge in [-0.05, 0) is 44.6 Å². The van der Waals surface area contributed by atoms with Crippen LogP contribution >= 0.6 is 12.2 Å². The van der Waals surface area contributed by atoms with Crippen LogP contribution in [0.1, 0.15) is 32.0 Å². The summed E-state index contributed by atoms with van der Waals surface area (Å²) in [6, 6.07) is 10.5. The van der Waals surface area contributed by atoms with Crippen LogP contribution in [0.4, 0.5) is 0 Å². The Kier molecular flexibility index (Phi) is 3.59.